The number of nitrogens with zero attached hydrogens (tertiary/aromatic N) is 1. The second-order valence-corrected chi connectivity index (χ2v) is 6.61. The van der Waals surface area contributed by atoms with E-state index in [1.807, 2.05) is 24.1 Å². The molecular weight excluding hydrogens is 357 g/mol. The SMILES string of the molecule is CN(CCCOc1ccc(Cl)cc1)CC(O)COCc1ccccc1F. The summed E-state index contributed by atoms with van der Waals surface area (Å²) in [5.41, 5.74) is 0.493. The van der Waals surface area contributed by atoms with Gasteiger partial charge in [-0.2, -0.15) is 0 Å². The molecule has 0 heterocycles. The van der Waals surface area contributed by atoms with Crippen LogP contribution in [0.25, 0.3) is 0 Å². The van der Waals surface area contributed by atoms with Crippen molar-refractivity contribution in [1.82, 2.24) is 4.90 Å². The van der Waals surface area contributed by atoms with Crippen LogP contribution in [0.5, 0.6) is 5.75 Å². The maximum absolute atomic E-state index is 13.5. The van der Waals surface area contributed by atoms with Crippen molar-refractivity contribution >= 4 is 11.6 Å². The zero-order chi connectivity index (χ0) is 18.8. The molecule has 0 amide bonds. The van der Waals surface area contributed by atoms with E-state index in [1.54, 1.807) is 30.3 Å². The highest BCUT2D eigenvalue weighted by Crippen LogP contribution is 2.15. The lowest BCUT2D eigenvalue weighted by Crippen LogP contribution is -2.33. The zero-order valence-electron chi connectivity index (χ0n) is 14.9. The fraction of sp³-hybridized carbons (Fsp3) is 0.400. The summed E-state index contributed by atoms with van der Waals surface area (Å²) in [5, 5.41) is 10.7. The van der Waals surface area contributed by atoms with Crippen LogP contribution in [-0.2, 0) is 11.3 Å². The molecule has 0 aliphatic heterocycles. The highest BCUT2D eigenvalue weighted by atomic mass is 35.5. The third-order valence-corrected chi connectivity index (χ3v) is 4.07. The molecule has 6 heteroatoms. The molecule has 1 atom stereocenters. The number of hydrogen-bond acceptors (Lipinski definition) is 4. The molecule has 2 aromatic carbocycles. The predicted octanol–water partition coefficient (Wildman–Crippen LogP) is 3.76. The maximum atomic E-state index is 13.5. The molecular formula is C20H25ClFNO3. The second kappa shape index (κ2) is 11.1. The van der Waals surface area contributed by atoms with E-state index in [-0.39, 0.29) is 19.0 Å². The number of ether oxygens (including phenoxy) is 2. The van der Waals surface area contributed by atoms with Gasteiger partial charge in [-0.1, -0.05) is 29.8 Å². The molecule has 4 nitrogen and oxygen atoms in total. The molecule has 0 bridgehead atoms. The Morgan fingerprint density at radius 2 is 1.88 bits per heavy atom. The summed E-state index contributed by atoms with van der Waals surface area (Å²) in [7, 11) is 1.93. The minimum atomic E-state index is -0.621. The molecule has 0 saturated heterocycles. The van der Waals surface area contributed by atoms with Gasteiger partial charge < -0.3 is 19.5 Å². The Labute approximate surface area is 159 Å². The Bertz CT molecular complexity index is 654. The van der Waals surface area contributed by atoms with Crippen molar-refractivity contribution in [2.24, 2.45) is 0 Å². The van der Waals surface area contributed by atoms with Crippen molar-refractivity contribution in [2.75, 3.05) is 33.4 Å². The van der Waals surface area contributed by atoms with E-state index < -0.39 is 6.10 Å². The number of aliphatic hydroxyl groups excluding tert-OH is 1. The average Bonchev–Trinajstić information content (AvgIpc) is 2.62. The van der Waals surface area contributed by atoms with Gasteiger partial charge in [0.1, 0.15) is 11.6 Å². The lowest BCUT2D eigenvalue weighted by Gasteiger charge is -2.20. The molecule has 0 saturated carbocycles. The Balaban J connectivity index is 1.56. The summed E-state index contributed by atoms with van der Waals surface area (Å²) in [5.74, 6) is 0.499. The molecule has 0 fully saturated rings. The van der Waals surface area contributed by atoms with Crippen LogP contribution in [0.15, 0.2) is 48.5 Å². The van der Waals surface area contributed by atoms with Crippen molar-refractivity contribution in [2.45, 2.75) is 19.1 Å². The molecule has 1 N–H and O–H groups in total. The number of hydrogen-bond donors (Lipinski definition) is 1. The van der Waals surface area contributed by atoms with Gasteiger partial charge in [-0.05, 0) is 43.8 Å². The fourth-order valence-corrected chi connectivity index (χ4v) is 2.61. The Morgan fingerprint density at radius 1 is 1.15 bits per heavy atom. The van der Waals surface area contributed by atoms with E-state index in [9.17, 15) is 9.50 Å². The quantitative estimate of drug-likeness (QED) is 0.602. The lowest BCUT2D eigenvalue weighted by atomic mass is 10.2. The van der Waals surface area contributed by atoms with Crippen molar-refractivity contribution in [3.8, 4) is 5.75 Å². The van der Waals surface area contributed by atoms with Crippen LogP contribution in [0, 0.1) is 5.82 Å². The van der Waals surface area contributed by atoms with E-state index in [2.05, 4.69) is 0 Å². The highest BCUT2D eigenvalue weighted by molar-refractivity contribution is 6.30. The Kier molecular flexibility index (Phi) is 8.85. The van der Waals surface area contributed by atoms with Crippen LogP contribution in [0.3, 0.4) is 0 Å². The molecule has 0 aliphatic rings. The first-order valence-corrected chi connectivity index (χ1v) is 8.98. The van der Waals surface area contributed by atoms with Crippen LogP contribution >= 0.6 is 11.6 Å². The number of aliphatic hydroxyl groups is 1. The van der Waals surface area contributed by atoms with E-state index in [0.717, 1.165) is 18.7 Å². The van der Waals surface area contributed by atoms with Gasteiger partial charge in [0.05, 0.1) is 25.9 Å². The van der Waals surface area contributed by atoms with Gasteiger partial charge in [0.2, 0.25) is 0 Å². The van der Waals surface area contributed by atoms with Gasteiger partial charge in [0.25, 0.3) is 0 Å². The third kappa shape index (κ3) is 7.70. The molecule has 26 heavy (non-hydrogen) atoms. The highest BCUT2D eigenvalue weighted by Gasteiger charge is 2.09. The normalized spacial score (nSPS) is 12.3. The van der Waals surface area contributed by atoms with Gasteiger partial charge in [0.15, 0.2) is 0 Å². The monoisotopic (exact) mass is 381 g/mol. The topological polar surface area (TPSA) is 41.9 Å². The number of benzene rings is 2. The van der Waals surface area contributed by atoms with Crippen molar-refractivity contribution in [3.05, 3.63) is 64.9 Å². The summed E-state index contributed by atoms with van der Waals surface area (Å²) in [6.45, 7) is 2.18. The Hall–Kier alpha value is -1.66. The van der Waals surface area contributed by atoms with Crippen molar-refractivity contribution in [1.29, 1.82) is 0 Å². The van der Waals surface area contributed by atoms with Crippen molar-refractivity contribution < 1.29 is 19.0 Å². The molecule has 0 spiro atoms. The van der Waals surface area contributed by atoms with Gasteiger partial charge in [-0.25, -0.2) is 4.39 Å². The number of halogens is 2. The van der Waals surface area contributed by atoms with Crippen LogP contribution in [-0.4, -0.2) is 49.5 Å². The molecule has 2 rings (SSSR count). The van der Waals surface area contributed by atoms with Crippen LogP contribution < -0.4 is 4.74 Å². The Morgan fingerprint density at radius 3 is 2.62 bits per heavy atom. The first kappa shape index (κ1) is 20.6. The molecule has 142 valence electrons. The standard InChI is InChI=1S/C20H25ClFNO3/c1-23(11-4-12-26-19-9-7-17(21)8-10-19)13-18(24)15-25-14-16-5-2-3-6-20(16)22/h2-3,5-10,18,24H,4,11-15H2,1H3. The largest absolute Gasteiger partial charge is 0.494 e. The van der Waals surface area contributed by atoms with Crippen molar-refractivity contribution in [3.63, 3.8) is 0 Å². The summed E-state index contributed by atoms with van der Waals surface area (Å²) < 4.78 is 24.5. The summed E-state index contributed by atoms with van der Waals surface area (Å²) in [6.07, 6.45) is 0.214. The second-order valence-electron chi connectivity index (χ2n) is 6.18. The minimum absolute atomic E-state index is 0.155. The molecule has 0 radical (unpaired) electrons. The van der Waals surface area contributed by atoms with Gasteiger partial charge in [-0.3, -0.25) is 0 Å². The molecule has 0 aliphatic carbocycles. The molecule has 1 unspecified atom stereocenters. The van der Waals surface area contributed by atoms with Crippen LogP contribution in [0.2, 0.25) is 5.02 Å². The average molecular weight is 382 g/mol. The number of likely N-dealkylation sites (N-methyl/N-ethyl adjacent to an activating group) is 1. The van der Waals surface area contributed by atoms with Gasteiger partial charge >= 0.3 is 0 Å². The van der Waals surface area contributed by atoms with Gasteiger partial charge in [-0.15, -0.1) is 0 Å². The minimum Gasteiger partial charge on any atom is -0.494 e. The predicted molar refractivity (Wildman–Crippen MR) is 101 cm³/mol. The first-order valence-electron chi connectivity index (χ1n) is 8.60. The van der Waals surface area contributed by atoms with E-state index in [4.69, 9.17) is 21.1 Å². The molecule has 0 aromatic heterocycles. The van der Waals surface area contributed by atoms with E-state index in [0.29, 0.717) is 23.7 Å². The maximum Gasteiger partial charge on any atom is 0.128 e. The summed E-state index contributed by atoms with van der Waals surface area (Å²) in [4.78, 5) is 2.02. The van der Waals surface area contributed by atoms with Crippen LogP contribution in [0.1, 0.15) is 12.0 Å². The van der Waals surface area contributed by atoms with Gasteiger partial charge in [0, 0.05) is 23.7 Å². The fourth-order valence-electron chi connectivity index (χ4n) is 2.48. The van der Waals surface area contributed by atoms with Crippen LogP contribution in [0.4, 0.5) is 4.39 Å². The first-order chi connectivity index (χ1) is 12.5. The molecule has 2 aromatic rings. The number of rotatable bonds is 11. The zero-order valence-corrected chi connectivity index (χ0v) is 15.7. The summed E-state index contributed by atoms with van der Waals surface area (Å²) >= 11 is 5.83. The lowest BCUT2D eigenvalue weighted by molar-refractivity contribution is 0.0124. The van der Waals surface area contributed by atoms with E-state index >= 15 is 0 Å². The smallest absolute Gasteiger partial charge is 0.128 e. The third-order valence-electron chi connectivity index (χ3n) is 3.81. The van der Waals surface area contributed by atoms with E-state index in [1.165, 1.54) is 6.07 Å². The summed E-state index contributed by atoms with van der Waals surface area (Å²) in [6, 6.07) is 13.7.